The summed E-state index contributed by atoms with van der Waals surface area (Å²) < 4.78 is 0. The Morgan fingerprint density at radius 1 is 1.25 bits per heavy atom. The molecule has 0 saturated carbocycles. The van der Waals surface area contributed by atoms with Crippen LogP contribution in [0.15, 0.2) is 41.8 Å². The number of hydrogen-bond acceptors (Lipinski definition) is 2. The summed E-state index contributed by atoms with van der Waals surface area (Å²) in [5.41, 5.74) is 2.30. The largest absolute Gasteiger partial charge is 0.383 e. The molecule has 0 bridgehead atoms. The number of benzene rings is 1. The molecule has 1 N–H and O–H groups in total. The summed E-state index contributed by atoms with van der Waals surface area (Å²) in [6.07, 6.45) is 1.74. The number of thiophene rings is 1. The van der Waals surface area contributed by atoms with Crippen LogP contribution in [0.4, 0.5) is 0 Å². The third kappa shape index (κ3) is 2.52. The zero-order valence-corrected chi connectivity index (χ0v) is 10.2. The molecule has 0 fully saturated rings. The van der Waals surface area contributed by atoms with Crippen molar-refractivity contribution < 1.29 is 5.11 Å². The van der Waals surface area contributed by atoms with Crippen molar-refractivity contribution in [1.82, 2.24) is 0 Å². The van der Waals surface area contributed by atoms with Gasteiger partial charge in [-0.05, 0) is 29.0 Å². The maximum absolute atomic E-state index is 10.2. The second kappa shape index (κ2) is 5.28. The quantitative estimate of drug-likeness (QED) is 0.850. The molecule has 1 atom stereocenters. The summed E-state index contributed by atoms with van der Waals surface area (Å²) in [7, 11) is 0. The first-order valence-corrected chi connectivity index (χ1v) is 6.49. The van der Waals surface area contributed by atoms with E-state index in [1.807, 2.05) is 29.6 Å². The molecule has 0 aliphatic carbocycles. The van der Waals surface area contributed by atoms with E-state index in [4.69, 9.17) is 0 Å². The standard InChI is InChI=1S/C14H16OS/c1-2-5-11-6-3-7-12(10-11)14(15)13-8-4-9-16-13/h3-4,6-10,14-15H,2,5H2,1H3. The van der Waals surface area contributed by atoms with Crippen molar-refractivity contribution in [1.29, 1.82) is 0 Å². The van der Waals surface area contributed by atoms with Gasteiger partial charge in [-0.15, -0.1) is 11.3 Å². The van der Waals surface area contributed by atoms with Crippen molar-refractivity contribution in [2.45, 2.75) is 25.9 Å². The molecule has 2 heteroatoms. The fourth-order valence-corrected chi connectivity index (χ4v) is 2.55. The highest BCUT2D eigenvalue weighted by atomic mass is 32.1. The van der Waals surface area contributed by atoms with E-state index in [9.17, 15) is 5.11 Å². The summed E-state index contributed by atoms with van der Waals surface area (Å²) in [6, 6.07) is 12.2. The highest BCUT2D eigenvalue weighted by Gasteiger charge is 2.11. The van der Waals surface area contributed by atoms with Crippen LogP contribution >= 0.6 is 11.3 Å². The first-order valence-electron chi connectivity index (χ1n) is 5.61. The van der Waals surface area contributed by atoms with Crippen LogP contribution < -0.4 is 0 Å². The van der Waals surface area contributed by atoms with Crippen LogP contribution in [-0.2, 0) is 6.42 Å². The molecule has 0 spiro atoms. The van der Waals surface area contributed by atoms with Crippen molar-refractivity contribution in [3.63, 3.8) is 0 Å². The Balaban J connectivity index is 2.23. The molecule has 1 heterocycles. The lowest BCUT2D eigenvalue weighted by molar-refractivity contribution is 0.224. The molecule has 2 rings (SSSR count). The van der Waals surface area contributed by atoms with Gasteiger partial charge >= 0.3 is 0 Å². The lowest BCUT2D eigenvalue weighted by Gasteiger charge is -2.10. The number of rotatable bonds is 4. The molecule has 84 valence electrons. The van der Waals surface area contributed by atoms with Crippen LogP contribution in [0.2, 0.25) is 0 Å². The average Bonchev–Trinajstić information content (AvgIpc) is 2.82. The smallest absolute Gasteiger partial charge is 0.113 e. The third-order valence-electron chi connectivity index (χ3n) is 2.62. The van der Waals surface area contributed by atoms with Gasteiger partial charge in [0.15, 0.2) is 0 Å². The lowest BCUT2D eigenvalue weighted by Crippen LogP contribution is -1.97. The number of aryl methyl sites for hydroxylation is 1. The molecule has 1 nitrogen and oxygen atoms in total. The van der Waals surface area contributed by atoms with Gasteiger partial charge in [0.05, 0.1) is 0 Å². The average molecular weight is 232 g/mol. The number of hydrogen-bond donors (Lipinski definition) is 1. The Bertz CT molecular complexity index is 434. The summed E-state index contributed by atoms with van der Waals surface area (Å²) in [5, 5.41) is 12.2. The molecular formula is C14H16OS. The Morgan fingerprint density at radius 3 is 2.81 bits per heavy atom. The van der Waals surface area contributed by atoms with Gasteiger partial charge in [0.1, 0.15) is 6.10 Å². The monoisotopic (exact) mass is 232 g/mol. The van der Waals surface area contributed by atoms with E-state index in [2.05, 4.69) is 19.1 Å². The number of aliphatic hydroxyl groups is 1. The zero-order chi connectivity index (χ0) is 11.4. The molecule has 0 aliphatic heterocycles. The third-order valence-corrected chi connectivity index (χ3v) is 3.54. The molecule has 1 aromatic heterocycles. The molecule has 1 aromatic carbocycles. The summed E-state index contributed by atoms with van der Waals surface area (Å²) in [5.74, 6) is 0. The molecule has 0 radical (unpaired) electrons. The van der Waals surface area contributed by atoms with Crippen LogP contribution in [0.1, 0.15) is 35.5 Å². The van der Waals surface area contributed by atoms with E-state index in [1.165, 1.54) is 5.56 Å². The highest BCUT2D eigenvalue weighted by Crippen LogP contribution is 2.26. The Labute approximate surface area is 100 Å². The second-order valence-corrected chi connectivity index (χ2v) is 4.89. The fraction of sp³-hybridized carbons (Fsp3) is 0.286. The van der Waals surface area contributed by atoms with Gasteiger partial charge in [0, 0.05) is 4.88 Å². The van der Waals surface area contributed by atoms with E-state index >= 15 is 0 Å². The lowest BCUT2D eigenvalue weighted by atomic mass is 10.0. The first kappa shape index (κ1) is 11.4. The minimum absolute atomic E-state index is 0.475. The molecule has 1 unspecified atom stereocenters. The van der Waals surface area contributed by atoms with Gasteiger partial charge in [-0.1, -0.05) is 43.7 Å². The van der Waals surface area contributed by atoms with Crippen LogP contribution in [0.3, 0.4) is 0 Å². The predicted molar refractivity (Wildman–Crippen MR) is 68.8 cm³/mol. The Kier molecular flexibility index (Phi) is 3.75. The topological polar surface area (TPSA) is 20.2 Å². The van der Waals surface area contributed by atoms with Crippen molar-refractivity contribution in [3.05, 3.63) is 57.8 Å². The van der Waals surface area contributed by atoms with Gasteiger partial charge in [0.2, 0.25) is 0 Å². The predicted octanol–water partition coefficient (Wildman–Crippen LogP) is 3.78. The minimum Gasteiger partial charge on any atom is -0.383 e. The summed E-state index contributed by atoms with van der Waals surface area (Å²) >= 11 is 1.60. The van der Waals surface area contributed by atoms with Crippen LogP contribution in [0.25, 0.3) is 0 Å². The molecule has 2 aromatic rings. The minimum atomic E-state index is -0.475. The molecular weight excluding hydrogens is 216 g/mol. The first-order chi connectivity index (χ1) is 7.81. The van der Waals surface area contributed by atoms with Gasteiger partial charge in [-0.3, -0.25) is 0 Å². The Morgan fingerprint density at radius 2 is 2.12 bits per heavy atom. The van der Waals surface area contributed by atoms with Crippen molar-refractivity contribution in [2.75, 3.05) is 0 Å². The highest BCUT2D eigenvalue weighted by molar-refractivity contribution is 7.10. The van der Waals surface area contributed by atoms with Crippen LogP contribution in [0.5, 0.6) is 0 Å². The van der Waals surface area contributed by atoms with Gasteiger partial charge in [-0.2, -0.15) is 0 Å². The van der Waals surface area contributed by atoms with E-state index in [0.717, 1.165) is 23.3 Å². The van der Waals surface area contributed by atoms with Crippen LogP contribution in [0, 0.1) is 0 Å². The normalized spacial score (nSPS) is 12.6. The van der Waals surface area contributed by atoms with E-state index < -0.39 is 6.10 Å². The van der Waals surface area contributed by atoms with Gasteiger partial charge in [0.25, 0.3) is 0 Å². The van der Waals surface area contributed by atoms with E-state index in [-0.39, 0.29) is 0 Å². The maximum atomic E-state index is 10.2. The molecule has 0 saturated heterocycles. The van der Waals surface area contributed by atoms with E-state index in [0.29, 0.717) is 0 Å². The summed E-state index contributed by atoms with van der Waals surface area (Å²) in [4.78, 5) is 1.01. The zero-order valence-electron chi connectivity index (χ0n) is 9.39. The maximum Gasteiger partial charge on any atom is 0.113 e. The van der Waals surface area contributed by atoms with Gasteiger partial charge in [-0.25, -0.2) is 0 Å². The SMILES string of the molecule is CCCc1cccc(C(O)c2cccs2)c1. The molecule has 0 amide bonds. The van der Waals surface area contributed by atoms with E-state index in [1.54, 1.807) is 11.3 Å². The fourth-order valence-electron chi connectivity index (χ4n) is 1.82. The Hall–Kier alpha value is -1.12. The van der Waals surface area contributed by atoms with Crippen LogP contribution in [-0.4, -0.2) is 5.11 Å². The number of aliphatic hydroxyl groups excluding tert-OH is 1. The van der Waals surface area contributed by atoms with Crippen molar-refractivity contribution in [3.8, 4) is 0 Å². The van der Waals surface area contributed by atoms with Crippen molar-refractivity contribution in [2.24, 2.45) is 0 Å². The van der Waals surface area contributed by atoms with Crippen molar-refractivity contribution >= 4 is 11.3 Å². The molecule has 16 heavy (non-hydrogen) atoms. The molecule has 0 aliphatic rings. The second-order valence-electron chi connectivity index (χ2n) is 3.91. The van der Waals surface area contributed by atoms with Gasteiger partial charge < -0.3 is 5.11 Å². The summed E-state index contributed by atoms with van der Waals surface area (Å²) in [6.45, 7) is 2.17.